The molecule has 0 spiro atoms. The number of thiophene rings is 1. The number of thioether (sulfide) groups is 1. The third-order valence-corrected chi connectivity index (χ3v) is 7.86. The molecule has 0 amide bonds. The van der Waals surface area contributed by atoms with E-state index in [0.29, 0.717) is 29.1 Å². The van der Waals surface area contributed by atoms with Gasteiger partial charge in [0.05, 0.1) is 0 Å². The fourth-order valence-electron chi connectivity index (χ4n) is 2.07. The highest BCUT2D eigenvalue weighted by Gasteiger charge is 2.30. The molecule has 0 saturated carbocycles. The van der Waals surface area contributed by atoms with Crippen LogP contribution < -0.4 is 5.32 Å². The van der Waals surface area contributed by atoms with E-state index in [0.717, 1.165) is 17.7 Å². The molecule has 1 N–H and O–H groups in total. The summed E-state index contributed by atoms with van der Waals surface area (Å²) in [6, 6.07) is 1.79. The summed E-state index contributed by atoms with van der Waals surface area (Å²) in [5.41, 5.74) is 1.03. The van der Waals surface area contributed by atoms with Gasteiger partial charge in [-0.3, -0.25) is 0 Å². The van der Waals surface area contributed by atoms with Crippen molar-refractivity contribution in [1.29, 1.82) is 0 Å². The van der Waals surface area contributed by atoms with Crippen LogP contribution in [0.2, 0.25) is 0 Å². The predicted molar refractivity (Wildman–Crippen MR) is 82.4 cm³/mol. The minimum atomic E-state index is -3.29. The highest BCUT2D eigenvalue weighted by molar-refractivity contribution is 8.00. The van der Waals surface area contributed by atoms with E-state index in [9.17, 15) is 8.42 Å². The maximum atomic E-state index is 12.6. The van der Waals surface area contributed by atoms with Crippen LogP contribution in [0.4, 0.5) is 0 Å². The van der Waals surface area contributed by atoms with Gasteiger partial charge >= 0.3 is 0 Å². The van der Waals surface area contributed by atoms with Gasteiger partial charge in [-0.25, -0.2) is 8.42 Å². The molecule has 4 nitrogen and oxygen atoms in total. The molecule has 1 aliphatic rings. The van der Waals surface area contributed by atoms with Gasteiger partial charge in [0.15, 0.2) is 0 Å². The molecule has 19 heavy (non-hydrogen) atoms. The number of nitrogens with zero attached hydrogens (tertiary/aromatic N) is 1. The van der Waals surface area contributed by atoms with Crippen LogP contribution >= 0.6 is 23.1 Å². The molecule has 1 fully saturated rings. The van der Waals surface area contributed by atoms with Crippen LogP contribution in [0, 0.1) is 0 Å². The molecule has 0 aromatic carbocycles. The summed E-state index contributed by atoms with van der Waals surface area (Å²) < 4.78 is 27.3. The van der Waals surface area contributed by atoms with Gasteiger partial charge in [-0.05, 0) is 30.5 Å². The molecule has 1 unspecified atom stereocenters. The molecular formula is C12H20N2O2S3. The van der Waals surface area contributed by atoms with Gasteiger partial charge in [-0.15, -0.1) is 11.3 Å². The van der Waals surface area contributed by atoms with Crippen molar-refractivity contribution in [2.45, 2.75) is 29.3 Å². The first-order valence-corrected chi connectivity index (χ1v) is 9.78. The Bertz CT molecular complexity index is 513. The summed E-state index contributed by atoms with van der Waals surface area (Å²) in [5.74, 6) is 0.895. The Morgan fingerprint density at radius 2 is 2.32 bits per heavy atom. The van der Waals surface area contributed by atoms with Crippen molar-refractivity contribution in [2.75, 3.05) is 25.9 Å². The van der Waals surface area contributed by atoms with Gasteiger partial charge in [0.2, 0.25) is 0 Å². The number of hydrogen-bond acceptors (Lipinski definition) is 5. The fraction of sp³-hybridized carbons (Fsp3) is 0.667. The number of rotatable bonds is 5. The van der Waals surface area contributed by atoms with Crippen molar-refractivity contribution < 1.29 is 8.42 Å². The summed E-state index contributed by atoms with van der Waals surface area (Å²) in [4.78, 5) is 0. The molecule has 1 aromatic heterocycles. The molecular weight excluding hydrogens is 300 g/mol. The lowest BCUT2D eigenvalue weighted by molar-refractivity contribution is 0.417. The lowest BCUT2D eigenvalue weighted by Gasteiger charge is -2.30. The summed E-state index contributed by atoms with van der Waals surface area (Å²) in [6.07, 6.45) is 1.02. The van der Waals surface area contributed by atoms with Crippen LogP contribution in [0.25, 0.3) is 0 Å². The number of hydrogen-bond donors (Lipinski definition) is 1. The second kappa shape index (κ2) is 6.58. The molecule has 0 aliphatic carbocycles. The zero-order chi connectivity index (χ0) is 13.9. The first-order valence-electron chi connectivity index (χ1n) is 6.41. The minimum Gasteiger partial charge on any atom is -0.316 e. The smallest absolute Gasteiger partial charge is 0.252 e. The Balaban J connectivity index is 2.16. The van der Waals surface area contributed by atoms with E-state index in [1.165, 1.54) is 11.3 Å². The molecule has 0 bridgehead atoms. The largest absolute Gasteiger partial charge is 0.316 e. The summed E-state index contributed by atoms with van der Waals surface area (Å²) in [5, 5.41) is 5.39. The monoisotopic (exact) mass is 320 g/mol. The maximum absolute atomic E-state index is 12.6. The van der Waals surface area contributed by atoms with E-state index in [1.807, 2.05) is 24.2 Å². The van der Waals surface area contributed by atoms with Gasteiger partial charge in [-0.2, -0.15) is 16.1 Å². The van der Waals surface area contributed by atoms with Gasteiger partial charge in [0, 0.05) is 30.6 Å². The zero-order valence-electron chi connectivity index (χ0n) is 11.3. The summed E-state index contributed by atoms with van der Waals surface area (Å²) in [7, 11) is -1.43. The Morgan fingerprint density at radius 1 is 1.53 bits per heavy atom. The second-order valence-corrected chi connectivity index (χ2v) is 9.05. The van der Waals surface area contributed by atoms with Crippen molar-refractivity contribution in [3.05, 3.63) is 17.0 Å². The summed E-state index contributed by atoms with van der Waals surface area (Å²) >= 11 is 3.20. The van der Waals surface area contributed by atoms with E-state index < -0.39 is 10.0 Å². The normalized spacial score (nSPS) is 21.7. The first-order chi connectivity index (χ1) is 9.07. The van der Waals surface area contributed by atoms with Crippen molar-refractivity contribution >= 4 is 33.1 Å². The highest BCUT2D eigenvalue weighted by atomic mass is 32.2. The van der Waals surface area contributed by atoms with Crippen LogP contribution in [0.5, 0.6) is 0 Å². The summed E-state index contributed by atoms with van der Waals surface area (Å²) in [6.45, 7) is 4.09. The average Bonchev–Trinajstić information content (AvgIpc) is 2.88. The van der Waals surface area contributed by atoms with Gasteiger partial charge in [0.25, 0.3) is 10.0 Å². The van der Waals surface area contributed by atoms with E-state index in [-0.39, 0.29) is 0 Å². The van der Waals surface area contributed by atoms with Crippen LogP contribution in [-0.4, -0.2) is 43.9 Å². The van der Waals surface area contributed by atoms with E-state index in [1.54, 1.807) is 10.4 Å². The van der Waals surface area contributed by atoms with Crippen molar-refractivity contribution in [2.24, 2.45) is 0 Å². The minimum absolute atomic E-state index is 0.431. The first kappa shape index (κ1) is 15.3. The van der Waals surface area contributed by atoms with Crippen LogP contribution in [-0.2, 0) is 16.6 Å². The third-order valence-electron chi connectivity index (χ3n) is 3.16. The molecule has 1 atom stereocenters. The van der Waals surface area contributed by atoms with Gasteiger partial charge < -0.3 is 5.32 Å². The topological polar surface area (TPSA) is 49.4 Å². The van der Waals surface area contributed by atoms with Crippen molar-refractivity contribution in [3.63, 3.8) is 0 Å². The van der Waals surface area contributed by atoms with Crippen molar-refractivity contribution in [3.8, 4) is 0 Å². The van der Waals surface area contributed by atoms with Gasteiger partial charge in [-0.1, -0.05) is 6.92 Å². The van der Waals surface area contributed by atoms with Crippen LogP contribution in [0.1, 0.15) is 18.9 Å². The Hall–Kier alpha value is -0.0800. The molecule has 2 rings (SSSR count). The molecule has 7 heteroatoms. The SMILES string of the molecule is CCC1CN(S(=O)(=O)c2cc(CNC)cs2)CCS1. The van der Waals surface area contributed by atoms with E-state index in [2.05, 4.69) is 12.2 Å². The molecule has 1 saturated heterocycles. The molecule has 0 radical (unpaired) electrons. The highest BCUT2D eigenvalue weighted by Crippen LogP contribution is 2.29. The standard InChI is InChI=1S/C12H20N2O2S3/c1-3-11-8-14(4-5-17-11)19(15,16)12-6-10(7-13-2)9-18-12/h6,9,11,13H,3-5,7-8H2,1-2H3. The molecule has 2 heterocycles. The number of nitrogens with one attached hydrogen (secondary N) is 1. The average molecular weight is 321 g/mol. The van der Waals surface area contributed by atoms with Crippen molar-refractivity contribution in [1.82, 2.24) is 9.62 Å². The molecule has 1 aromatic rings. The molecule has 1 aliphatic heterocycles. The predicted octanol–water partition coefficient (Wildman–Crippen LogP) is 1.98. The van der Waals surface area contributed by atoms with E-state index >= 15 is 0 Å². The maximum Gasteiger partial charge on any atom is 0.252 e. The Morgan fingerprint density at radius 3 is 3.00 bits per heavy atom. The van der Waals surface area contributed by atoms with E-state index in [4.69, 9.17) is 0 Å². The lowest BCUT2D eigenvalue weighted by atomic mass is 10.3. The Labute approximate surface area is 123 Å². The lowest BCUT2D eigenvalue weighted by Crippen LogP contribution is -2.41. The second-order valence-electron chi connectivity index (χ2n) is 4.57. The van der Waals surface area contributed by atoms with Crippen LogP contribution in [0.3, 0.4) is 0 Å². The zero-order valence-corrected chi connectivity index (χ0v) is 13.7. The third kappa shape index (κ3) is 3.52. The van der Waals surface area contributed by atoms with Gasteiger partial charge in [0.1, 0.15) is 4.21 Å². The quantitative estimate of drug-likeness (QED) is 0.901. The van der Waals surface area contributed by atoms with Crippen LogP contribution in [0.15, 0.2) is 15.7 Å². The Kier molecular flexibility index (Phi) is 5.30. The number of sulfonamides is 1. The molecule has 108 valence electrons. The fourth-order valence-corrected chi connectivity index (χ4v) is 6.31.